The van der Waals surface area contributed by atoms with Crippen molar-refractivity contribution in [2.45, 2.75) is 58.9 Å². The Labute approximate surface area is 180 Å². The molecule has 1 atom stereocenters. The maximum Gasteiger partial charge on any atom is 0.290 e. The lowest BCUT2D eigenvalue weighted by Gasteiger charge is -2.29. The van der Waals surface area contributed by atoms with Gasteiger partial charge in [0.05, 0.1) is 18.7 Å². The van der Waals surface area contributed by atoms with Gasteiger partial charge in [0.2, 0.25) is 0 Å². The van der Waals surface area contributed by atoms with Gasteiger partial charge in [-0.2, -0.15) is 0 Å². The number of methoxy groups -OCH3 is 1. The fourth-order valence-corrected chi connectivity index (χ4v) is 4.02. The Morgan fingerprint density at radius 2 is 1.70 bits per heavy atom. The molecule has 0 saturated heterocycles. The molecule has 0 aliphatic carbocycles. The van der Waals surface area contributed by atoms with Gasteiger partial charge in [-0.05, 0) is 51.9 Å². The summed E-state index contributed by atoms with van der Waals surface area (Å²) in [6.07, 6.45) is 5.41. The summed E-state index contributed by atoms with van der Waals surface area (Å²) in [6, 6.07) is 6.73. The Hall–Kier alpha value is -2.34. The van der Waals surface area contributed by atoms with Crippen LogP contribution in [0.2, 0.25) is 0 Å². The normalized spacial score (nSPS) is 16.6. The molecule has 1 aliphatic heterocycles. The lowest BCUT2D eigenvalue weighted by Crippen LogP contribution is -2.35. The Balaban J connectivity index is 2.20. The number of hydrogen-bond donors (Lipinski definition) is 1. The van der Waals surface area contributed by atoms with Gasteiger partial charge in [-0.1, -0.05) is 44.9 Å². The van der Waals surface area contributed by atoms with Gasteiger partial charge < -0.3 is 19.6 Å². The monoisotopic (exact) mass is 416 g/mol. The quantitative estimate of drug-likeness (QED) is 0.520. The summed E-state index contributed by atoms with van der Waals surface area (Å²) in [7, 11) is 1.57. The standard InChI is InChI=1S/C24H36N2O4/c1-5-7-14-25(15-8-6-2)16-11-17-26-22(19-12-9-10-13-20(19)30-4)21(18(3)27)23(28)24(26)29/h9-10,12-13,22,28H,5-8,11,14-17H2,1-4H3/t22-/m0/s1. The highest BCUT2D eigenvalue weighted by Crippen LogP contribution is 2.41. The van der Waals surface area contributed by atoms with Gasteiger partial charge in [-0.15, -0.1) is 0 Å². The first kappa shape index (κ1) is 23.9. The van der Waals surface area contributed by atoms with Crippen LogP contribution in [-0.4, -0.2) is 59.9 Å². The molecule has 0 bridgehead atoms. The van der Waals surface area contributed by atoms with E-state index in [-0.39, 0.29) is 11.4 Å². The highest BCUT2D eigenvalue weighted by molar-refractivity contribution is 6.08. The summed E-state index contributed by atoms with van der Waals surface area (Å²) in [5.41, 5.74) is 0.870. The first-order chi connectivity index (χ1) is 14.5. The van der Waals surface area contributed by atoms with Gasteiger partial charge >= 0.3 is 0 Å². The second-order valence-corrected chi connectivity index (χ2v) is 7.86. The number of aliphatic hydroxyl groups excluding tert-OH is 1. The number of ether oxygens (including phenoxy) is 1. The zero-order valence-corrected chi connectivity index (χ0v) is 18.8. The molecule has 0 fully saturated rings. The first-order valence-electron chi connectivity index (χ1n) is 11.1. The molecule has 1 aromatic rings. The number of rotatable bonds is 13. The van der Waals surface area contributed by atoms with Crippen molar-refractivity contribution in [1.82, 2.24) is 9.80 Å². The zero-order chi connectivity index (χ0) is 22.1. The fourth-order valence-electron chi connectivity index (χ4n) is 4.02. The Bertz CT molecular complexity index is 751. The Morgan fingerprint density at radius 1 is 1.10 bits per heavy atom. The van der Waals surface area contributed by atoms with E-state index < -0.39 is 17.7 Å². The Morgan fingerprint density at radius 3 is 2.27 bits per heavy atom. The van der Waals surface area contributed by atoms with Gasteiger partial charge in [-0.3, -0.25) is 9.59 Å². The van der Waals surface area contributed by atoms with E-state index in [1.807, 2.05) is 24.3 Å². The molecule has 6 heteroatoms. The van der Waals surface area contributed by atoms with Crippen LogP contribution in [0.1, 0.15) is 64.5 Å². The molecule has 1 heterocycles. The van der Waals surface area contributed by atoms with E-state index in [4.69, 9.17) is 4.74 Å². The maximum atomic E-state index is 12.8. The topological polar surface area (TPSA) is 70.1 Å². The van der Waals surface area contributed by atoms with E-state index in [9.17, 15) is 14.7 Å². The van der Waals surface area contributed by atoms with Gasteiger partial charge in [0.15, 0.2) is 11.5 Å². The van der Waals surface area contributed by atoms with E-state index in [0.29, 0.717) is 12.3 Å². The molecule has 1 aliphatic rings. The number of benzene rings is 1. The number of unbranched alkanes of at least 4 members (excludes halogenated alkanes) is 2. The van der Waals surface area contributed by atoms with Crippen LogP contribution in [0.3, 0.4) is 0 Å². The summed E-state index contributed by atoms with van der Waals surface area (Å²) in [5.74, 6) is -0.620. The number of aliphatic hydroxyl groups is 1. The number of amides is 1. The van der Waals surface area contributed by atoms with E-state index in [2.05, 4.69) is 18.7 Å². The van der Waals surface area contributed by atoms with Gasteiger partial charge in [0.25, 0.3) is 5.91 Å². The molecule has 30 heavy (non-hydrogen) atoms. The van der Waals surface area contributed by atoms with Crippen molar-refractivity contribution in [1.29, 1.82) is 0 Å². The number of carbonyl (C=O) groups excluding carboxylic acids is 2. The highest BCUT2D eigenvalue weighted by atomic mass is 16.5. The van der Waals surface area contributed by atoms with E-state index in [1.165, 1.54) is 6.92 Å². The SMILES string of the molecule is CCCCN(CCCC)CCCN1C(=O)C(O)=C(C(C)=O)[C@@H]1c1ccccc1OC. The van der Waals surface area contributed by atoms with Crippen LogP contribution in [0.25, 0.3) is 0 Å². The minimum Gasteiger partial charge on any atom is -0.503 e. The van der Waals surface area contributed by atoms with Crippen LogP contribution in [0.15, 0.2) is 35.6 Å². The molecule has 166 valence electrons. The van der Waals surface area contributed by atoms with Crippen molar-refractivity contribution < 1.29 is 19.4 Å². The van der Waals surface area contributed by atoms with Crippen LogP contribution < -0.4 is 4.74 Å². The van der Waals surface area contributed by atoms with E-state index in [0.717, 1.165) is 57.3 Å². The smallest absolute Gasteiger partial charge is 0.290 e. The van der Waals surface area contributed by atoms with Crippen LogP contribution in [-0.2, 0) is 9.59 Å². The third-order valence-corrected chi connectivity index (χ3v) is 5.65. The second-order valence-electron chi connectivity index (χ2n) is 7.86. The summed E-state index contributed by atoms with van der Waals surface area (Å²) in [4.78, 5) is 29.2. The Kier molecular flexibility index (Phi) is 9.37. The van der Waals surface area contributed by atoms with Crippen LogP contribution in [0.5, 0.6) is 5.75 Å². The third-order valence-electron chi connectivity index (χ3n) is 5.65. The number of nitrogens with zero attached hydrogens (tertiary/aromatic N) is 2. The summed E-state index contributed by atoms with van der Waals surface area (Å²) < 4.78 is 5.47. The number of hydrogen-bond acceptors (Lipinski definition) is 5. The predicted molar refractivity (Wildman–Crippen MR) is 119 cm³/mol. The van der Waals surface area contributed by atoms with Gasteiger partial charge in [0.1, 0.15) is 5.75 Å². The lowest BCUT2D eigenvalue weighted by molar-refractivity contribution is -0.129. The van der Waals surface area contributed by atoms with E-state index >= 15 is 0 Å². The van der Waals surface area contributed by atoms with Crippen LogP contribution in [0.4, 0.5) is 0 Å². The molecule has 2 rings (SSSR count). The number of Topliss-reactive ketones (excluding diaryl/α,β-unsaturated/α-hetero) is 1. The fraction of sp³-hybridized carbons (Fsp3) is 0.583. The summed E-state index contributed by atoms with van der Waals surface area (Å²) >= 11 is 0. The molecule has 0 saturated carbocycles. The van der Waals surface area contributed by atoms with Gasteiger partial charge in [-0.25, -0.2) is 0 Å². The minimum absolute atomic E-state index is 0.151. The molecule has 1 N–H and O–H groups in total. The molecule has 6 nitrogen and oxygen atoms in total. The van der Waals surface area contributed by atoms with Crippen molar-refractivity contribution in [3.63, 3.8) is 0 Å². The van der Waals surface area contributed by atoms with Crippen molar-refractivity contribution in [2.24, 2.45) is 0 Å². The van der Waals surface area contributed by atoms with Crippen molar-refractivity contribution >= 4 is 11.7 Å². The third kappa shape index (κ3) is 5.63. The molecule has 0 spiro atoms. The largest absolute Gasteiger partial charge is 0.503 e. The predicted octanol–water partition coefficient (Wildman–Crippen LogP) is 4.27. The van der Waals surface area contributed by atoms with Crippen molar-refractivity contribution in [3.05, 3.63) is 41.2 Å². The van der Waals surface area contributed by atoms with Crippen molar-refractivity contribution in [2.75, 3.05) is 33.3 Å². The van der Waals surface area contributed by atoms with Crippen LogP contribution in [0, 0.1) is 0 Å². The zero-order valence-electron chi connectivity index (χ0n) is 18.8. The first-order valence-corrected chi connectivity index (χ1v) is 11.1. The van der Waals surface area contributed by atoms with E-state index in [1.54, 1.807) is 12.0 Å². The highest BCUT2D eigenvalue weighted by Gasteiger charge is 2.43. The molecule has 1 aromatic carbocycles. The maximum absolute atomic E-state index is 12.8. The van der Waals surface area contributed by atoms with Crippen molar-refractivity contribution in [3.8, 4) is 5.75 Å². The molecule has 0 radical (unpaired) electrons. The van der Waals surface area contributed by atoms with Crippen LogP contribution >= 0.6 is 0 Å². The summed E-state index contributed by atoms with van der Waals surface area (Å²) in [6.45, 7) is 9.25. The molecular formula is C24H36N2O4. The minimum atomic E-state index is -0.620. The lowest BCUT2D eigenvalue weighted by atomic mass is 9.96. The number of ketones is 1. The average Bonchev–Trinajstić information content (AvgIpc) is 3.00. The number of para-hydroxylation sites is 1. The summed E-state index contributed by atoms with van der Waals surface area (Å²) in [5, 5.41) is 10.5. The van der Waals surface area contributed by atoms with Gasteiger partial charge in [0, 0.05) is 12.1 Å². The molecule has 0 unspecified atom stereocenters. The molecule has 0 aromatic heterocycles. The molecule has 1 amide bonds. The average molecular weight is 417 g/mol. The second kappa shape index (κ2) is 11.7. The molecular weight excluding hydrogens is 380 g/mol. The number of carbonyl (C=O) groups is 2.